The molecular formula is C17H16O4. The van der Waals surface area contributed by atoms with Crippen LogP contribution in [-0.2, 0) is 4.74 Å². The number of carbonyl (C=O) groups excluding carboxylic acids is 2. The van der Waals surface area contributed by atoms with Gasteiger partial charge in [0.25, 0.3) is 0 Å². The maximum atomic E-state index is 12.2. The molecule has 0 heterocycles. The summed E-state index contributed by atoms with van der Waals surface area (Å²) in [7, 11) is 0. The quantitative estimate of drug-likeness (QED) is 0.692. The van der Waals surface area contributed by atoms with Gasteiger partial charge in [-0.05, 0) is 38.1 Å². The third-order valence-electron chi connectivity index (χ3n) is 3.09. The SMILES string of the molecule is Cc1ccc(C(=O)[C@H](C)OC(=O)c2ccc(O)cc2)cc1. The summed E-state index contributed by atoms with van der Waals surface area (Å²) in [5, 5.41) is 9.17. The summed E-state index contributed by atoms with van der Waals surface area (Å²) < 4.78 is 5.15. The number of rotatable bonds is 4. The van der Waals surface area contributed by atoms with E-state index in [1.54, 1.807) is 19.1 Å². The molecule has 0 spiro atoms. The van der Waals surface area contributed by atoms with Gasteiger partial charge in [0.15, 0.2) is 6.10 Å². The molecule has 4 heteroatoms. The minimum Gasteiger partial charge on any atom is -0.508 e. The lowest BCUT2D eigenvalue weighted by molar-refractivity contribution is 0.0319. The highest BCUT2D eigenvalue weighted by molar-refractivity contribution is 6.01. The zero-order valence-electron chi connectivity index (χ0n) is 11.9. The van der Waals surface area contributed by atoms with Gasteiger partial charge in [-0.25, -0.2) is 4.79 Å². The van der Waals surface area contributed by atoms with Crippen molar-refractivity contribution in [2.24, 2.45) is 0 Å². The van der Waals surface area contributed by atoms with Crippen LogP contribution in [0.4, 0.5) is 0 Å². The van der Waals surface area contributed by atoms with Crippen molar-refractivity contribution in [2.75, 3.05) is 0 Å². The Morgan fingerprint density at radius 2 is 1.48 bits per heavy atom. The Morgan fingerprint density at radius 1 is 0.952 bits per heavy atom. The van der Waals surface area contributed by atoms with Gasteiger partial charge < -0.3 is 9.84 Å². The van der Waals surface area contributed by atoms with Crippen molar-refractivity contribution in [3.63, 3.8) is 0 Å². The fourth-order valence-electron chi connectivity index (χ4n) is 1.83. The molecule has 0 saturated carbocycles. The van der Waals surface area contributed by atoms with E-state index in [2.05, 4.69) is 0 Å². The molecule has 2 rings (SSSR count). The minimum atomic E-state index is -0.867. The van der Waals surface area contributed by atoms with Crippen LogP contribution in [0.3, 0.4) is 0 Å². The number of phenols is 1. The molecule has 0 aliphatic carbocycles. The first-order chi connectivity index (χ1) is 9.97. The Hall–Kier alpha value is -2.62. The van der Waals surface area contributed by atoms with Gasteiger partial charge in [0.2, 0.25) is 5.78 Å². The highest BCUT2D eigenvalue weighted by Crippen LogP contribution is 2.13. The number of hydrogen-bond donors (Lipinski definition) is 1. The molecule has 0 aromatic heterocycles. The summed E-state index contributed by atoms with van der Waals surface area (Å²) >= 11 is 0. The van der Waals surface area contributed by atoms with E-state index in [1.165, 1.54) is 24.3 Å². The lowest BCUT2D eigenvalue weighted by Crippen LogP contribution is -2.24. The van der Waals surface area contributed by atoms with Crippen molar-refractivity contribution in [3.05, 3.63) is 65.2 Å². The number of phenolic OH excluding ortho intramolecular Hbond substituents is 1. The topological polar surface area (TPSA) is 63.6 Å². The van der Waals surface area contributed by atoms with E-state index in [-0.39, 0.29) is 17.1 Å². The fourth-order valence-corrected chi connectivity index (χ4v) is 1.83. The largest absolute Gasteiger partial charge is 0.508 e. The summed E-state index contributed by atoms with van der Waals surface area (Å²) in [6.07, 6.45) is -0.867. The smallest absolute Gasteiger partial charge is 0.338 e. The molecule has 21 heavy (non-hydrogen) atoms. The van der Waals surface area contributed by atoms with Crippen LogP contribution in [0.25, 0.3) is 0 Å². The maximum absolute atomic E-state index is 12.2. The Labute approximate surface area is 123 Å². The molecule has 0 aliphatic rings. The average molecular weight is 284 g/mol. The van der Waals surface area contributed by atoms with E-state index < -0.39 is 12.1 Å². The summed E-state index contributed by atoms with van der Waals surface area (Å²) in [5.74, 6) is -0.777. The van der Waals surface area contributed by atoms with Gasteiger partial charge in [-0.15, -0.1) is 0 Å². The van der Waals surface area contributed by atoms with Crippen molar-refractivity contribution in [1.29, 1.82) is 0 Å². The summed E-state index contributed by atoms with van der Waals surface area (Å²) in [6, 6.07) is 12.8. The highest BCUT2D eigenvalue weighted by atomic mass is 16.5. The number of carbonyl (C=O) groups is 2. The summed E-state index contributed by atoms with van der Waals surface area (Å²) in [6.45, 7) is 3.48. The number of aromatic hydroxyl groups is 1. The maximum Gasteiger partial charge on any atom is 0.338 e. The van der Waals surface area contributed by atoms with E-state index in [4.69, 9.17) is 4.74 Å². The Morgan fingerprint density at radius 3 is 2.05 bits per heavy atom. The lowest BCUT2D eigenvalue weighted by Gasteiger charge is -2.12. The summed E-state index contributed by atoms with van der Waals surface area (Å²) in [4.78, 5) is 24.1. The predicted octanol–water partition coefficient (Wildman–Crippen LogP) is 3.13. The van der Waals surface area contributed by atoms with Crippen LogP contribution >= 0.6 is 0 Å². The van der Waals surface area contributed by atoms with Crippen LogP contribution in [0.1, 0.15) is 33.2 Å². The second-order valence-corrected chi connectivity index (χ2v) is 4.82. The standard InChI is InChI=1S/C17H16O4/c1-11-3-5-13(6-4-11)16(19)12(2)21-17(20)14-7-9-15(18)10-8-14/h3-10,12,18H,1-2H3/t12-/m0/s1. The average Bonchev–Trinajstić information content (AvgIpc) is 2.47. The summed E-state index contributed by atoms with van der Waals surface area (Å²) in [5.41, 5.74) is 1.85. The van der Waals surface area contributed by atoms with Crippen LogP contribution in [0.15, 0.2) is 48.5 Å². The molecule has 0 saturated heterocycles. The number of aryl methyl sites for hydroxylation is 1. The van der Waals surface area contributed by atoms with Gasteiger partial charge in [0, 0.05) is 5.56 Å². The molecule has 4 nitrogen and oxygen atoms in total. The van der Waals surface area contributed by atoms with Gasteiger partial charge in [0.05, 0.1) is 5.56 Å². The van der Waals surface area contributed by atoms with Crippen molar-refractivity contribution < 1.29 is 19.4 Å². The van der Waals surface area contributed by atoms with Crippen LogP contribution in [0.5, 0.6) is 5.75 Å². The first kappa shape index (κ1) is 14.8. The molecule has 1 atom stereocenters. The van der Waals surface area contributed by atoms with Crippen LogP contribution in [-0.4, -0.2) is 23.0 Å². The molecule has 108 valence electrons. The molecular weight excluding hydrogens is 268 g/mol. The third kappa shape index (κ3) is 3.69. The molecule has 0 radical (unpaired) electrons. The van der Waals surface area contributed by atoms with Crippen molar-refractivity contribution in [2.45, 2.75) is 20.0 Å². The fraction of sp³-hybridized carbons (Fsp3) is 0.176. The molecule has 0 amide bonds. The van der Waals surface area contributed by atoms with Gasteiger partial charge in [-0.2, -0.15) is 0 Å². The Kier molecular flexibility index (Phi) is 4.38. The van der Waals surface area contributed by atoms with Crippen LogP contribution in [0, 0.1) is 6.92 Å². The van der Waals surface area contributed by atoms with E-state index in [0.29, 0.717) is 5.56 Å². The zero-order valence-corrected chi connectivity index (χ0v) is 11.9. The van der Waals surface area contributed by atoms with Gasteiger partial charge in [-0.1, -0.05) is 29.8 Å². The normalized spacial score (nSPS) is 11.7. The van der Waals surface area contributed by atoms with Crippen molar-refractivity contribution in [1.82, 2.24) is 0 Å². The molecule has 0 aliphatic heterocycles. The molecule has 2 aromatic carbocycles. The van der Waals surface area contributed by atoms with Crippen LogP contribution in [0.2, 0.25) is 0 Å². The Balaban J connectivity index is 2.05. The van der Waals surface area contributed by atoms with Crippen LogP contribution < -0.4 is 0 Å². The van der Waals surface area contributed by atoms with E-state index in [0.717, 1.165) is 5.56 Å². The van der Waals surface area contributed by atoms with E-state index >= 15 is 0 Å². The Bertz CT molecular complexity index is 641. The van der Waals surface area contributed by atoms with Gasteiger partial charge in [0.1, 0.15) is 5.75 Å². The number of ketones is 1. The molecule has 0 unspecified atom stereocenters. The number of ether oxygens (including phenoxy) is 1. The lowest BCUT2D eigenvalue weighted by atomic mass is 10.1. The second kappa shape index (κ2) is 6.22. The third-order valence-corrected chi connectivity index (χ3v) is 3.09. The van der Waals surface area contributed by atoms with Crippen molar-refractivity contribution in [3.8, 4) is 5.75 Å². The first-order valence-electron chi connectivity index (χ1n) is 6.58. The number of hydrogen-bond acceptors (Lipinski definition) is 4. The van der Waals surface area contributed by atoms with E-state index in [9.17, 15) is 14.7 Å². The molecule has 0 bridgehead atoms. The van der Waals surface area contributed by atoms with Gasteiger partial charge in [-0.3, -0.25) is 4.79 Å². The molecule has 1 N–H and O–H groups in total. The minimum absolute atomic E-state index is 0.0651. The predicted molar refractivity (Wildman–Crippen MR) is 78.5 cm³/mol. The van der Waals surface area contributed by atoms with E-state index in [1.807, 2.05) is 19.1 Å². The number of Topliss-reactive ketones (excluding diaryl/α,β-unsaturated/α-hetero) is 1. The molecule has 0 fully saturated rings. The van der Waals surface area contributed by atoms with Crippen molar-refractivity contribution >= 4 is 11.8 Å². The number of benzene rings is 2. The molecule has 2 aromatic rings. The first-order valence-corrected chi connectivity index (χ1v) is 6.58. The number of esters is 1. The second-order valence-electron chi connectivity index (χ2n) is 4.82. The highest BCUT2D eigenvalue weighted by Gasteiger charge is 2.20. The zero-order chi connectivity index (χ0) is 15.4. The van der Waals surface area contributed by atoms with Gasteiger partial charge >= 0.3 is 5.97 Å². The monoisotopic (exact) mass is 284 g/mol.